The van der Waals surface area contributed by atoms with Crippen molar-refractivity contribution in [3.8, 4) is 0 Å². The maximum atomic E-state index is 11.8. The second-order valence-electron chi connectivity index (χ2n) is 4.83. The molecule has 18 heavy (non-hydrogen) atoms. The molecule has 1 heterocycles. The molecule has 1 rings (SSSR count). The van der Waals surface area contributed by atoms with Crippen molar-refractivity contribution in [1.82, 2.24) is 4.90 Å². The summed E-state index contributed by atoms with van der Waals surface area (Å²) in [5.74, 6) is -0.699. The number of carbonyl (C=O) groups is 2. The number of methoxy groups -OCH3 is 2. The Hall–Kier alpha value is -1.10. The van der Waals surface area contributed by atoms with E-state index in [-0.39, 0.29) is 29.9 Å². The van der Waals surface area contributed by atoms with Crippen LogP contribution in [0, 0.1) is 5.92 Å². The minimum absolute atomic E-state index is 0.0261. The lowest BCUT2D eigenvalue weighted by atomic mass is 9.94. The molecule has 0 amide bonds. The van der Waals surface area contributed by atoms with Crippen LogP contribution in [0.5, 0.6) is 0 Å². The number of ether oxygens (including phenoxy) is 2. The Morgan fingerprint density at radius 1 is 1.17 bits per heavy atom. The number of esters is 2. The fourth-order valence-corrected chi connectivity index (χ4v) is 2.50. The van der Waals surface area contributed by atoms with Crippen LogP contribution in [0.4, 0.5) is 0 Å². The fourth-order valence-electron chi connectivity index (χ4n) is 2.50. The van der Waals surface area contributed by atoms with E-state index in [1.54, 1.807) is 0 Å². The van der Waals surface area contributed by atoms with E-state index in [0.29, 0.717) is 0 Å². The monoisotopic (exact) mass is 257 g/mol. The van der Waals surface area contributed by atoms with Crippen molar-refractivity contribution in [2.24, 2.45) is 5.92 Å². The van der Waals surface area contributed by atoms with Crippen LogP contribution in [-0.4, -0.2) is 49.7 Å². The van der Waals surface area contributed by atoms with E-state index in [4.69, 9.17) is 9.47 Å². The van der Waals surface area contributed by atoms with Gasteiger partial charge < -0.3 is 9.47 Å². The van der Waals surface area contributed by atoms with Gasteiger partial charge in [0.1, 0.15) is 6.04 Å². The summed E-state index contributed by atoms with van der Waals surface area (Å²) in [7, 11) is 2.79. The molecule has 5 heteroatoms. The van der Waals surface area contributed by atoms with Gasteiger partial charge in [0.15, 0.2) is 0 Å². The van der Waals surface area contributed by atoms with Crippen LogP contribution in [0.1, 0.15) is 33.1 Å². The molecule has 0 aromatic heterocycles. The zero-order valence-electron chi connectivity index (χ0n) is 11.6. The van der Waals surface area contributed by atoms with Crippen LogP contribution >= 0.6 is 0 Å². The highest BCUT2D eigenvalue weighted by Gasteiger charge is 2.36. The Balaban J connectivity index is 2.76. The standard InChI is InChI=1S/C13H23NO4/c1-9(12(15)17-3)10(2)14-8-6-5-7-11(14)13(16)18-4/h9-11H,5-8H2,1-4H3. The maximum Gasteiger partial charge on any atom is 0.323 e. The second kappa shape index (κ2) is 6.73. The van der Waals surface area contributed by atoms with Crippen molar-refractivity contribution in [2.45, 2.75) is 45.2 Å². The fraction of sp³-hybridized carbons (Fsp3) is 0.846. The lowest BCUT2D eigenvalue weighted by molar-refractivity contribution is -0.154. The van der Waals surface area contributed by atoms with Crippen LogP contribution < -0.4 is 0 Å². The highest BCUT2D eigenvalue weighted by atomic mass is 16.5. The summed E-state index contributed by atoms with van der Waals surface area (Å²) in [5, 5.41) is 0. The highest BCUT2D eigenvalue weighted by Crippen LogP contribution is 2.24. The van der Waals surface area contributed by atoms with Crippen LogP contribution in [0.15, 0.2) is 0 Å². The maximum absolute atomic E-state index is 11.8. The summed E-state index contributed by atoms with van der Waals surface area (Å²) in [4.78, 5) is 25.4. The number of likely N-dealkylation sites (tertiary alicyclic amines) is 1. The van der Waals surface area contributed by atoms with Crippen molar-refractivity contribution in [2.75, 3.05) is 20.8 Å². The summed E-state index contributed by atoms with van der Waals surface area (Å²) in [6.45, 7) is 4.62. The van der Waals surface area contributed by atoms with Crippen molar-refractivity contribution in [1.29, 1.82) is 0 Å². The molecular formula is C13H23NO4. The molecule has 3 atom stereocenters. The van der Waals surface area contributed by atoms with Gasteiger partial charge in [-0.2, -0.15) is 0 Å². The first-order chi connectivity index (χ1) is 8.52. The zero-order valence-corrected chi connectivity index (χ0v) is 11.6. The van der Waals surface area contributed by atoms with E-state index >= 15 is 0 Å². The Bertz CT molecular complexity index is 305. The van der Waals surface area contributed by atoms with Crippen molar-refractivity contribution < 1.29 is 19.1 Å². The van der Waals surface area contributed by atoms with E-state index in [2.05, 4.69) is 4.90 Å². The molecule has 0 aromatic rings. The van der Waals surface area contributed by atoms with Crippen molar-refractivity contribution in [3.63, 3.8) is 0 Å². The van der Waals surface area contributed by atoms with E-state index in [1.165, 1.54) is 14.2 Å². The number of piperidine rings is 1. The first-order valence-electron chi connectivity index (χ1n) is 6.44. The minimum Gasteiger partial charge on any atom is -0.469 e. The molecule has 3 unspecified atom stereocenters. The predicted octanol–water partition coefficient (Wildman–Crippen LogP) is 1.21. The van der Waals surface area contributed by atoms with E-state index in [1.807, 2.05) is 13.8 Å². The van der Waals surface area contributed by atoms with Gasteiger partial charge in [0, 0.05) is 6.04 Å². The van der Waals surface area contributed by atoms with Gasteiger partial charge in [-0.1, -0.05) is 13.3 Å². The largest absolute Gasteiger partial charge is 0.469 e. The van der Waals surface area contributed by atoms with E-state index < -0.39 is 0 Å². The van der Waals surface area contributed by atoms with Crippen molar-refractivity contribution in [3.05, 3.63) is 0 Å². The van der Waals surface area contributed by atoms with Crippen molar-refractivity contribution >= 4 is 11.9 Å². The van der Waals surface area contributed by atoms with Crippen LogP contribution in [0.3, 0.4) is 0 Å². The lowest BCUT2D eigenvalue weighted by Crippen LogP contribution is -2.52. The van der Waals surface area contributed by atoms with E-state index in [9.17, 15) is 9.59 Å². The van der Waals surface area contributed by atoms with Gasteiger partial charge in [-0.15, -0.1) is 0 Å². The first kappa shape index (κ1) is 15.0. The molecule has 0 saturated carbocycles. The first-order valence-corrected chi connectivity index (χ1v) is 6.44. The van der Waals surface area contributed by atoms with Crippen LogP contribution in [-0.2, 0) is 19.1 Å². The molecule has 104 valence electrons. The highest BCUT2D eigenvalue weighted by molar-refractivity contribution is 5.76. The molecule has 1 fully saturated rings. The Morgan fingerprint density at radius 2 is 1.83 bits per heavy atom. The predicted molar refractivity (Wildman–Crippen MR) is 67.0 cm³/mol. The summed E-state index contributed by atoms with van der Waals surface area (Å²) in [5.41, 5.74) is 0. The van der Waals surface area contributed by atoms with Gasteiger partial charge >= 0.3 is 11.9 Å². The molecule has 1 aliphatic rings. The van der Waals surface area contributed by atoms with Gasteiger partial charge in [0.05, 0.1) is 20.1 Å². The average Bonchev–Trinajstić information content (AvgIpc) is 2.43. The van der Waals surface area contributed by atoms with E-state index in [0.717, 1.165) is 25.8 Å². The summed E-state index contributed by atoms with van der Waals surface area (Å²) in [6, 6.07) is -0.257. The SMILES string of the molecule is COC(=O)C(C)C(C)N1CCCCC1C(=O)OC. The van der Waals surface area contributed by atoms with Gasteiger partial charge in [-0.25, -0.2) is 0 Å². The molecule has 1 aliphatic heterocycles. The third-order valence-electron chi connectivity index (χ3n) is 3.84. The Labute approximate surface area is 108 Å². The molecule has 0 aliphatic carbocycles. The molecular weight excluding hydrogens is 234 g/mol. The number of hydrogen-bond donors (Lipinski definition) is 0. The number of carbonyl (C=O) groups excluding carboxylic acids is 2. The molecule has 0 N–H and O–H groups in total. The second-order valence-corrected chi connectivity index (χ2v) is 4.83. The zero-order chi connectivity index (χ0) is 13.7. The van der Waals surface area contributed by atoms with Crippen LogP contribution in [0.2, 0.25) is 0 Å². The summed E-state index contributed by atoms with van der Waals surface area (Å²) >= 11 is 0. The number of nitrogens with zero attached hydrogens (tertiary/aromatic N) is 1. The number of rotatable bonds is 4. The Morgan fingerprint density at radius 3 is 2.39 bits per heavy atom. The average molecular weight is 257 g/mol. The Kier molecular flexibility index (Phi) is 5.59. The lowest BCUT2D eigenvalue weighted by Gasteiger charge is -2.39. The van der Waals surface area contributed by atoms with Gasteiger partial charge in [0.25, 0.3) is 0 Å². The van der Waals surface area contributed by atoms with Gasteiger partial charge in [0.2, 0.25) is 0 Å². The third-order valence-corrected chi connectivity index (χ3v) is 3.84. The van der Waals surface area contributed by atoms with Crippen LogP contribution in [0.25, 0.3) is 0 Å². The minimum atomic E-state index is -0.250. The van der Waals surface area contributed by atoms with Gasteiger partial charge in [-0.05, 0) is 26.3 Å². The number of hydrogen-bond acceptors (Lipinski definition) is 5. The molecule has 0 spiro atoms. The molecule has 0 radical (unpaired) electrons. The quantitative estimate of drug-likeness (QED) is 0.709. The molecule has 5 nitrogen and oxygen atoms in total. The summed E-state index contributed by atoms with van der Waals surface area (Å²) < 4.78 is 9.60. The normalized spacial score (nSPS) is 24.1. The summed E-state index contributed by atoms with van der Waals surface area (Å²) in [6.07, 6.45) is 2.87. The van der Waals surface area contributed by atoms with Gasteiger partial charge in [-0.3, -0.25) is 14.5 Å². The molecule has 0 bridgehead atoms. The topological polar surface area (TPSA) is 55.8 Å². The molecule has 1 saturated heterocycles. The molecule has 0 aromatic carbocycles. The smallest absolute Gasteiger partial charge is 0.323 e. The third kappa shape index (κ3) is 3.22.